The summed E-state index contributed by atoms with van der Waals surface area (Å²) in [5.41, 5.74) is 14.6. The molecular weight excluding hydrogens is 442 g/mol. The van der Waals surface area contributed by atoms with Gasteiger partial charge in [-0.15, -0.1) is 0 Å². The summed E-state index contributed by atoms with van der Waals surface area (Å²) >= 11 is 0. The molecule has 0 radical (unpaired) electrons. The molecule has 0 atom stereocenters. The molecule has 4 rings (SSSR count). The highest BCUT2D eigenvalue weighted by Crippen LogP contribution is 2.20. The molecule has 0 fully saturated rings. The van der Waals surface area contributed by atoms with Gasteiger partial charge in [0.25, 0.3) is 5.56 Å². The molecule has 2 heterocycles. The van der Waals surface area contributed by atoms with Crippen molar-refractivity contribution in [3.8, 4) is 5.69 Å². The van der Waals surface area contributed by atoms with Crippen molar-refractivity contribution in [3.63, 3.8) is 0 Å². The number of anilines is 2. The van der Waals surface area contributed by atoms with E-state index in [2.05, 4.69) is 15.3 Å². The van der Waals surface area contributed by atoms with Crippen LogP contribution in [-0.4, -0.2) is 32.0 Å². The zero-order valence-electron chi connectivity index (χ0n) is 19.7. The van der Waals surface area contributed by atoms with Gasteiger partial charge in [-0.25, -0.2) is 9.97 Å². The maximum atomic E-state index is 13.5. The average Bonchev–Trinajstić information content (AvgIpc) is 2.81. The van der Waals surface area contributed by atoms with Crippen LogP contribution in [-0.2, 0) is 11.2 Å². The Hall–Kier alpha value is -4.53. The quantitative estimate of drug-likeness (QED) is 0.266. The number of hydrogen-bond acceptors (Lipinski definition) is 7. The fourth-order valence-corrected chi connectivity index (χ4v) is 4.01. The number of nitrogen functional groups attached to an aromatic ring is 1. The van der Waals surface area contributed by atoms with E-state index in [1.54, 1.807) is 17.6 Å². The van der Waals surface area contributed by atoms with Crippen LogP contribution in [0.4, 0.5) is 11.8 Å². The van der Waals surface area contributed by atoms with Crippen LogP contribution in [0.1, 0.15) is 29.1 Å². The van der Waals surface area contributed by atoms with E-state index in [4.69, 9.17) is 16.5 Å². The van der Waals surface area contributed by atoms with Crippen molar-refractivity contribution in [1.82, 2.24) is 19.5 Å². The highest BCUT2D eigenvalue weighted by atomic mass is 16.1. The SMILES string of the molecule is Cc1nc(N)nc(NCCCc2nc3cccc(C)c3c(=O)n2-c2ccccc2)c1/C=C/C(N)=O. The molecule has 0 bridgehead atoms. The molecule has 9 nitrogen and oxygen atoms in total. The number of benzene rings is 2. The van der Waals surface area contributed by atoms with Crippen molar-refractivity contribution in [2.24, 2.45) is 5.73 Å². The van der Waals surface area contributed by atoms with Crippen molar-refractivity contribution in [2.75, 3.05) is 17.6 Å². The predicted molar refractivity (Wildman–Crippen MR) is 138 cm³/mol. The molecule has 0 saturated carbocycles. The topological polar surface area (TPSA) is 142 Å². The fraction of sp³-hybridized carbons (Fsp3) is 0.192. The minimum Gasteiger partial charge on any atom is -0.369 e. The molecule has 178 valence electrons. The van der Waals surface area contributed by atoms with Gasteiger partial charge in [-0.2, -0.15) is 4.98 Å². The zero-order chi connectivity index (χ0) is 24.9. The van der Waals surface area contributed by atoms with E-state index < -0.39 is 5.91 Å². The van der Waals surface area contributed by atoms with Gasteiger partial charge < -0.3 is 16.8 Å². The lowest BCUT2D eigenvalue weighted by molar-refractivity contribution is -0.113. The second kappa shape index (κ2) is 10.2. The van der Waals surface area contributed by atoms with Crippen molar-refractivity contribution in [1.29, 1.82) is 0 Å². The Balaban J connectivity index is 1.61. The number of nitrogens with one attached hydrogen (secondary N) is 1. The monoisotopic (exact) mass is 469 g/mol. The molecule has 5 N–H and O–H groups in total. The van der Waals surface area contributed by atoms with Gasteiger partial charge in [-0.3, -0.25) is 14.2 Å². The van der Waals surface area contributed by atoms with Gasteiger partial charge >= 0.3 is 0 Å². The van der Waals surface area contributed by atoms with Gasteiger partial charge in [0.15, 0.2) is 0 Å². The summed E-state index contributed by atoms with van der Waals surface area (Å²) in [5.74, 6) is 0.748. The molecule has 9 heteroatoms. The van der Waals surface area contributed by atoms with Crippen LogP contribution in [0.5, 0.6) is 0 Å². The predicted octanol–water partition coefficient (Wildman–Crippen LogP) is 2.92. The number of aromatic nitrogens is 4. The van der Waals surface area contributed by atoms with Gasteiger partial charge in [-0.05, 0) is 50.1 Å². The third-order valence-corrected chi connectivity index (χ3v) is 5.63. The van der Waals surface area contributed by atoms with Crippen LogP contribution in [0.15, 0.2) is 59.4 Å². The maximum absolute atomic E-state index is 13.5. The van der Waals surface area contributed by atoms with Crippen molar-refractivity contribution in [2.45, 2.75) is 26.7 Å². The fourth-order valence-electron chi connectivity index (χ4n) is 4.01. The van der Waals surface area contributed by atoms with E-state index in [9.17, 15) is 9.59 Å². The summed E-state index contributed by atoms with van der Waals surface area (Å²) in [7, 11) is 0. The average molecular weight is 470 g/mol. The highest BCUT2D eigenvalue weighted by Gasteiger charge is 2.14. The van der Waals surface area contributed by atoms with E-state index in [0.717, 1.165) is 11.3 Å². The highest BCUT2D eigenvalue weighted by molar-refractivity contribution is 5.91. The Morgan fingerprint density at radius 1 is 1.06 bits per heavy atom. The number of rotatable bonds is 8. The largest absolute Gasteiger partial charge is 0.369 e. The minimum atomic E-state index is -0.566. The molecule has 0 aliphatic rings. The third-order valence-electron chi connectivity index (χ3n) is 5.63. The summed E-state index contributed by atoms with van der Waals surface area (Å²) < 4.78 is 1.68. The van der Waals surface area contributed by atoms with E-state index in [1.807, 2.05) is 55.5 Å². The van der Waals surface area contributed by atoms with Crippen molar-refractivity contribution in [3.05, 3.63) is 87.6 Å². The number of carbonyl (C=O) groups is 1. The Kier molecular flexibility index (Phi) is 6.86. The molecule has 2 aromatic carbocycles. The summed E-state index contributed by atoms with van der Waals surface area (Å²) in [6, 6.07) is 15.2. The smallest absolute Gasteiger partial charge is 0.266 e. The first kappa shape index (κ1) is 23.6. The van der Waals surface area contributed by atoms with Gasteiger partial charge in [0.1, 0.15) is 11.6 Å². The molecule has 0 aliphatic carbocycles. The van der Waals surface area contributed by atoms with Crippen LogP contribution < -0.4 is 22.3 Å². The summed E-state index contributed by atoms with van der Waals surface area (Å²) in [6.07, 6.45) is 4.04. The molecule has 0 saturated heterocycles. The lowest BCUT2D eigenvalue weighted by Crippen LogP contribution is -2.25. The van der Waals surface area contributed by atoms with Gasteiger partial charge in [0.05, 0.1) is 22.3 Å². The van der Waals surface area contributed by atoms with Crippen LogP contribution in [0.2, 0.25) is 0 Å². The number of amides is 1. The number of nitrogens with two attached hydrogens (primary N) is 2. The van der Waals surface area contributed by atoms with Gasteiger partial charge in [0, 0.05) is 24.6 Å². The van der Waals surface area contributed by atoms with Crippen LogP contribution >= 0.6 is 0 Å². The molecule has 1 amide bonds. The summed E-state index contributed by atoms with van der Waals surface area (Å²) in [5, 5.41) is 3.88. The number of aryl methyl sites for hydroxylation is 3. The number of para-hydroxylation sites is 1. The van der Waals surface area contributed by atoms with Crippen LogP contribution in [0.25, 0.3) is 22.7 Å². The standard InChI is InChI=1S/C26H27N7O2/c1-16-8-6-11-20-23(16)25(35)33(18-9-4-3-5-10-18)22(31-20)12-7-15-29-24-19(13-14-21(27)34)17(2)30-26(28)32-24/h3-6,8-11,13-14H,7,12,15H2,1-2H3,(H2,27,34)(H3,28,29,30,32)/b14-13+. The molecule has 35 heavy (non-hydrogen) atoms. The third kappa shape index (κ3) is 5.19. The second-order valence-electron chi connectivity index (χ2n) is 8.17. The normalized spacial score (nSPS) is 11.3. The van der Waals surface area contributed by atoms with E-state index in [1.165, 1.54) is 6.08 Å². The number of hydrogen-bond donors (Lipinski definition) is 3. The molecule has 4 aromatic rings. The molecule has 0 aliphatic heterocycles. The van der Waals surface area contributed by atoms with Crippen LogP contribution in [0, 0.1) is 13.8 Å². The minimum absolute atomic E-state index is 0.0830. The number of fused-ring (bicyclic) bond motifs is 1. The van der Waals surface area contributed by atoms with E-state index in [0.29, 0.717) is 53.2 Å². The molecule has 0 unspecified atom stereocenters. The first-order valence-corrected chi connectivity index (χ1v) is 11.3. The molecule has 2 aromatic heterocycles. The number of carbonyl (C=O) groups excluding carboxylic acids is 1. The van der Waals surface area contributed by atoms with Crippen LogP contribution in [0.3, 0.4) is 0 Å². The second-order valence-corrected chi connectivity index (χ2v) is 8.17. The summed E-state index contributed by atoms with van der Waals surface area (Å²) in [4.78, 5) is 37.9. The molecule has 0 spiro atoms. The Bertz CT molecular complexity index is 1480. The zero-order valence-corrected chi connectivity index (χ0v) is 19.7. The Morgan fingerprint density at radius 3 is 2.57 bits per heavy atom. The Labute approximate surface area is 202 Å². The lowest BCUT2D eigenvalue weighted by atomic mass is 10.1. The van der Waals surface area contributed by atoms with Gasteiger partial charge in [0.2, 0.25) is 11.9 Å². The van der Waals surface area contributed by atoms with Crippen molar-refractivity contribution < 1.29 is 4.79 Å². The van der Waals surface area contributed by atoms with Gasteiger partial charge in [-0.1, -0.05) is 30.3 Å². The first-order chi connectivity index (χ1) is 16.8. The maximum Gasteiger partial charge on any atom is 0.266 e. The number of nitrogens with zero attached hydrogens (tertiary/aromatic N) is 4. The Morgan fingerprint density at radius 2 is 1.83 bits per heavy atom. The van der Waals surface area contributed by atoms with E-state index >= 15 is 0 Å². The van der Waals surface area contributed by atoms with E-state index in [-0.39, 0.29) is 11.5 Å². The molecular formula is C26H27N7O2. The van der Waals surface area contributed by atoms with Crippen molar-refractivity contribution >= 4 is 34.7 Å². The number of primary amides is 1. The lowest BCUT2D eigenvalue weighted by Gasteiger charge is -2.15. The summed E-state index contributed by atoms with van der Waals surface area (Å²) in [6.45, 7) is 4.23. The first-order valence-electron chi connectivity index (χ1n) is 11.3.